The van der Waals surface area contributed by atoms with Crippen LogP contribution in [0.5, 0.6) is 23.0 Å². The van der Waals surface area contributed by atoms with E-state index in [1.165, 1.54) is 51.7 Å². The second-order valence-corrected chi connectivity index (χ2v) is 5.83. The molecule has 0 radical (unpaired) electrons. The number of phenols is 1. The molecule has 0 aliphatic rings. The van der Waals surface area contributed by atoms with Gasteiger partial charge in [-0.15, -0.1) is 0 Å². The van der Waals surface area contributed by atoms with Crippen molar-refractivity contribution in [2.75, 3.05) is 26.6 Å². The van der Waals surface area contributed by atoms with E-state index in [1.807, 2.05) is 0 Å². The number of ether oxygens (including phenoxy) is 3. The van der Waals surface area contributed by atoms with Gasteiger partial charge in [0.15, 0.2) is 16.6 Å². The van der Waals surface area contributed by atoms with Crippen molar-refractivity contribution in [3.63, 3.8) is 0 Å². The van der Waals surface area contributed by atoms with Crippen LogP contribution in [-0.4, -0.2) is 37.5 Å². The number of halogens is 1. The van der Waals surface area contributed by atoms with E-state index in [4.69, 9.17) is 38.0 Å². The monoisotopic (exact) mass is 396 g/mol. The average Bonchev–Trinajstić information content (AvgIpc) is 2.63. The first kappa shape index (κ1) is 19.6. The second-order valence-electron chi connectivity index (χ2n) is 4.98. The molecule has 3 N–H and O–H groups in total. The lowest BCUT2D eigenvalue weighted by Gasteiger charge is -2.15. The van der Waals surface area contributed by atoms with E-state index in [0.29, 0.717) is 22.3 Å². The number of methoxy groups -OCH3 is 3. The molecular formula is C17H17ClN2O5S. The zero-order chi connectivity index (χ0) is 19.3. The molecule has 0 spiro atoms. The van der Waals surface area contributed by atoms with Crippen LogP contribution in [-0.2, 0) is 0 Å². The molecule has 2 aromatic rings. The fraction of sp³-hybridized carbons (Fsp3) is 0.176. The Balaban J connectivity index is 2.19. The summed E-state index contributed by atoms with van der Waals surface area (Å²) in [6, 6.07) is 7.41. The number of carbonyl (C=O) groups excluding carboxylic acids is 1. The van der Waals surface area contributed by atoms with Gasteiger partial charge in [-0.1, -0.05) is 11.6 Å². The number of anilines is 1. The zero-order valence-corrected chi connectivity index (χ0v) is 15.8. The van der Waals surface area contributed by atoms with Crippen molar-refractivity contribution >= 4 is 40.5 Å². The van der Waals surface area contributed by atoms with Gasteiger partial charge in [0.1, 0.15) is 5.75 Å². The standard InChI is InChI=1S/C17H17ClN2O5S/c1-23-13-6-9(7-14(24-2)15(13)25-3)16(22)20-17(26)19-11-8-10(18)4-5-12(11)21/h4-8,21H,1-3H3,(H2,19,20,22,26). The Labute approximate surface area is 160 Å². The summed E-state index contributed by atoms with van der Waals surface area (Å²) in [5.41, 5.74) is 0.520. The molecule has 0 fully saturated rings. The van der Waals surface area contributed by atoms with E-state index in [-0.39, 0.29) is 22.1 Å². The van der Waals surface area contributed by atoms with E-state index in [1.54, 1.807) is 0 Å². The van der Waals surface area contributed by atoms with E-state index in [2.05, 4.69) is 10.6 Å². The highest BCUT2D eigenvalue weighted by Gasteiger charge is 2.18. The number of benzene rings is 2. The van der Waals surface area contributed by atoms with Crippen LogP contribution in [0.3, 0.4) is 0 Å². The van der Waals surface area contributed by atoms with Crippen molar-refractivity contribution in [1.82, 2.24) is 5.32 Å². The number of nitrogens with one attached hydrogen (secondary N) is 2. The number of phenolic OH excluding ortho intramolecular Hbond substituents is 1. The first-order valence-corrected chi connectivity index (χ1v) is 8.09. The third-order valence-corrected chi connectivity index (χ3v) is 3.80. The highest BCUT2D eigenvalue weighted by atomic mass is 35.5. The van der Waals surface area contributed by atoms with Gasteiger partial charge in [-0.05, 0) is 42.5 Å². The third-order valence-electron chi connectivity index (χ3n) is 3.36. The number of thiocarbonyl (C=S) groups is 1. The van der Waals surface area contributed by atoms with Gasteiger partial charge in [0, 0.05) is 10.6 Å². The van der Waals surface area contributed by atoms with Crippen LogP contribution in [0.25, 0.3) is 0 Å². The molecule has 0 heterocycles. The predicted molar refractivity (Wildman–Crippen MR) is 103 cm³/mol. The summed E-state index contributed by atoms with van der Waals surface area (Å²) in [6.07, 6.45) is 0. The molecule has 26 heavy (non-hydrogen) atoms. The van der Waals surface area contributed by atoms with Gasteiger partial charge in [-0.25, -0.2) is 0 Å². The maximum absolute atomic E-state index is 12.5. The lowest BCUT2D eigenvalue weighted by Crippen LogP contribution is -2.34. The number of carbonyl (C=O) groups is 1. The summed E-state index contributed by atoms with van der Waals surface area (Å²) < 4.78 is 15.7. The molecule has 0 bridgehead atoms. The number of hydrogen-bond acceptors (Lipinski definition) is 6. The van der Waals surface area contributed by atoms with Gasteiger partial charge >= 0.3 is 0 Å². The molecule has 0 unspecified atom stereocenters. The highest BCUT2D eigenvalue weighted by molar-refractivity contribution is 7.80. The Kier molecular flexibility index (Phi) is 6.48. The summed E-state index contributed by atoms with van der Waals surface area (Å²) in [5, 5.41) is 15.4. The van der Waals surface area contributed by atoms with Crippen molar-refractivity contribution in [1.29, 1.82) is 0 Å². The quantitative estimate of drug-likeness (QED) is 0.528. The Morgan fingerprint density at radius 1 is 1.08 bits per heavy atom. The molecule has 0 saturated carbocycles. The van der Waals surface area contributed by atoms with Crippen molar-refractivity contribution in [2.24, 2.45) is 0 Å². The van der Waals surface area contributed by atoms with Crippen LogP contribution in [0.15, 0.2) is 30.3 Å². The highest BCUT2D eigenvalue weighted by Crippen LogP contribution is 2.38. The molecule has 0 atom stereocenters. The topological polar surface area (TPSA) is 89.1 Å². The van der Waals surface area contributed by atoms with Crippen LogP contribution in [0.2, 0.25) is 5.02 Å². The van der Waals surface area contributed by atoms with Gasteiger partial charge in [-0.2, -0.15) is 0 Å². The van der Waals surface area contributed by atoms with E-state index < -0.39 is 5.91 Å². The minimum absolute atomic E-state index is 0.0127. The van der Waals surface area contributed by atoms with Crippen molar-refractivity contribution in [2.45, 2.75) is 0 Å². The summed E-state index contributed by atoms with van der Waals surface area (Å²) >= 11 is 11.0. The molecule has 138 valence electrons. The number of hydrogen-bond donors (Lipinski definition) is 3. The maximum Gasteiger partial charge on any atom is 0.257 e. The molecule has 0 aliphatic heterocycles. The molecule has 9 heteroatoms. The Morgan fingerprint density at radius 3 is 2.23 bits per heavy atom. The van der Waals surface area contributed by atoms with Gasteiger partial charge in [-0.3, -0.25) is 10.1 Å². The molecule has 0 aliphatic carbocycles. The van der Waals surface area contributed by atoms with Crippen LogP contribution >= 0.6 is 23.8 Å². The first-order chi connectivity index (χ1) is 12.4. The Morgan fingerprint density at radius 2 is 1.69 bits per heavy atom. The smallest absolute Gasteiger partial charge is 0.257 e. The number of amides is 1. The van der Waals surface area contributed by atoms with Gasteiger partial charge < -0.3 is 24.6 Å². The number of rotatable bonds is 5. The fourth-order valence-electron chi connectivity index (χ4n) is 2.15. The predicted octanol–water partition coefficient (Wildman–Crippen LogP) is 3.20. The summed E-state index contributed by atoms with van der Waals surface area (Å²) in [6.45, 7) is 0. The van der Waals surface area contributed by atoms with Crippen LogP contribution in [0, 0.1) is 0 Å². The van der Waals surface area contributed by atoms with Crippen LogP contribution in [0.4, 0.5) is 5.69 Å². The fourth-order valence-corrected chi connectivity index (χ4v) is 2.52. The second kappa shape index (κ2) is 8.59. The first-order valence-electron chi connectivity index (χ1n) is 7.30. The maximum atomic E-state index is 12.5. The van der Waals surface area contributed by atoms with Crippen molar-refractivity contribution < 1.29 is 24.1 Å². The molecule has 7 nitrogen and oxygen atoms in total. The van der Waals surface area contributed by atoms with E-state index in [9.17, 15) is 9.90 Å². The van der Waals surface area contributed by atoms with Gasteiger partial charge in [0.05, 0.1) is 27.0 Å². The number of aromatic hydroxyl groups is 1. The summed E-state index contributed by atoms with van der Waals surface area (Å²) in [7, 11) is 4.37. The van der Waals surface area contributed by atoms with Crippen LogP contribution < -0.4 is 24.8 Å². The Bertz CT molecular complexity index is 819. The molecule has 0 saturated heterocycles. The van der Waals surface area contributed by atoms with Crippen molar-refractivity contribution in [3.8, 4) is 23.0 Å². The molecule has 2 rings (SSSR count). The lowest BCUT2D eigenvalue weighted by atomic mass is 10.1. The summed E-state index contributed by atoms with van der Waals surface area (Å²) in [5.74, 6) is 0.491. The van der Waals surface area contributed by atoms with Gasteiger partial charge in [0.2, 0.25) is 5.75 Å². The van der Waals surface area contributed by atoms with Crippen LogP contribution in [0.1, 0.15) is 10.4 Å². The average molecular weight is 397 g/mol. The van der Waals surface area contributed by atoms with E-state index in [0.717, 1.165) is 0 Å². The molecule has 0 aromatic heterocycles. The van der Waals surface area contributed by atoms with Gasteiger partial charge in [0.25, 0.3) is 5.91 Å². The molecular weight excluding hydrogens is 380 g/mol. The zero-order valence-electron chi connectivity index (χ0n) is 14.3. The SMILES string of the molecule is COc1cc(C(=O)NC(=S)Nc2cc(Cl)ccc2O)cc(OC)c1OC. The minimum Gasteiger partial charge on any atom is -0.506 e. The normalized spacial score (nSPS) is 10.0. The Hall–Kier alpha value is -2.71. The molecule has 2 aromatic carbocycles. The lowest BCUT2D eigenvalue weighted by molar-refractivity contribution is 0.0977. The third kappa shape index (κ3) is 4.47. The van der Waals surface area contributed by atoms with Crippen molar-refractivity contribution in [3.05, 3.63) is 40.9 Å². The van der Waals surface area contributed by atoms with E-state index >= 15 is 0 Å². The minimum atomic E-state index is -0.497. The largest absolute Gasteiger partial charge is 0.506 e. The molecule has 1 amide bonds. The summed E-state index contributed by atoms with van der Waals surface area (Å²) in [4.78, 5) is 12.5.